The first-order chi connectivity index (χ1) is 40.6. The maximum atomic E-state index is 10.1. The number of carboxylic acid groups (broad SMARTS) is 6. The minimum absolute atomic E-state index is 0. The van der Waals surface area contributed by atoms with Gasteiger partial charge in [-0.15, -0.1) is 0 Å². The van der Waals surface area contributed by atoms with Crippen molar-refractivity contribution in [3.63, 3.8) is 0 Å². The van der Waals surface area contributed by atoms with Gasteiger partial charge in [0.1, 0.15) is 0 Å². The second kappa shape index (κ2) is 97.2. The zero-order chi connectivity index (χ0) is 63.9. The van der Waals surface area contributed by atoms with Crippen molar-refractivity contribution in [3.8, 4) is 0 Å². The van der Waals surface area contributed by atoms with Crippen molar-refractivity contribution < 1.29 is 59.4 Å². The van der Waals surface area contributed by atoms with E-state index >= 15 is 0 Å². The zero-order valence-corrected chi connectivity index (χ0v) is 64.2. The van der Waals surface area contributed by atoms with E-state index in [0.717, 1.165) is 77.0 Å². The van der Waals surface area contributed by atoms with Gasteiger partial charge < -0.3 is 59.4 Å². The molecular formula is C72H138Bi2O12. The Hall–Kier alpha value is -1.41. The van der Waals surface area contributed by atoms with E-state index in [2.05, 4.69) is 41.5 Å². The summed E-state index contributed by atoms with van der Waals surface area (Å²) in [6, 6.07) is 0. The van der Waals surface area contributed by atoms with Crippen LogP contribution in [0.2, 0.25) is 0 Å². The van der Waals surface area contributed by atoms with Gasteiger partial charge >= 0.3 is 52.4 Å². The average molecular weight is 1610 g/mol. The van der Waals surface area contributed by atoms with Gasteiger partial charge in [0.2, 0.25) is 0 Å². The fourth-order valence-corrected chi connectivity index (χ4v) is 9.48. The fraction of sp³-hybridized carbons (Fsp3) is 0.917. The summed E-state index contributed by atoms with van der Waals surface area (Å²) in [4.78, 5) is 60.6. The Morgan fingerprint density at radius 2 is 0.221 bits per heavy atom. The number of aliphatic carboxylic acids is 6. The van der Waals surface area contributed by atoms with E-state index in [4.69, 9.17) is 0 Å². The van der Waals surface area contributed by atoms with E-state index in [-0.39, 0.29) is 90.9 Å². The molecule has 508 valence electrons. The molecule has 14 heteroatoms. The maximum Gasteiger partial charge on any atom is 3.00 e. The van der Waals surface area contributed by atoms with Crippen molar-refractivity contribution in [2.45, 2.75) is 427 Å². The van der Waals surface area contributed by atoms with Gasteiger partial charge in [0.25, 0.3) is 0 Å². The summed E-state index contributed by atoms with van der Waals surface area (Å²) in [6.07, 6.45) is 67.0. The maximum absolute atomic E-state index is 10.1. The van der Waals surface area contributed by atoms with Gasteiger partial charge in [0.05, 0.1) is 0 Å². The smallest absolute Gasteiger partial charge is 0.550 e. The fourth-order valence-electron chi connectivity index (χ4n) is 9.48. The van der Waals surface area contributed by atoms with Crippen LogP contribution < -0.4 is 30.6 Å². The third-order valence-corrected chi connectivity index (χ3v) is 14.9. The van der Waals surface area contributed by atoms with Crippen molar-refractivity contribution in [2.24, 2.45) is 0 Å². The molecule has 0 rings (SSSR count). The van der Waals surface area contributed by atoms with Gasteiger partial charge in [0.15, 0.2) is 0 Å². The molecule has 0 saturated carbocycles. The van der Waals surface area contributed by atoms with Crippen molar-refractivity contribution in [2.75, 3.05) is 0 Å². The van der Waals surface area contributed by atoms with Crippen LogP contribution in [0.15, 0.2) is 0 Å². The number of hydrogen-bond acceptors (Lipinski definition) is 12. The number of unbranched alkanes of at least 4 members (excludes halogenated alkanes) is 48. The van der Waals surface area contributed by atoms with E-state index in [1.54, 1.807) is 0 Å². The Labute approximate surface area is 570 Å². The molecule has 0 aliphatic carbocycles. The number of hydrogen-bond donors (Lipinski definition) is 0. The molecule has 0 aliphatic heterocycles. The summed E-state index contributed by atoms with van der Waals surface area (Å²) < 4.78 is 0. The van der Waals surface area contributed by atoms with E-state index in [0.29, 0.717) is 0 Å². The standard InChI is InChI=1S/6C12H24O2.2Bi/c6*1-2-3-4-5-6-7-8-9-10-11-12(13)14;;/h6*2-11H2,1H3,(H,13,14);;/q;;;;;;2*+3/p-6. The second-order valence-electron chi connectivity index (χ2n) is 23.7. The van der Waals surface area contributed by atoms with Crippen LogP contribution in [0.1, 0.15) is 427 Å². The number of carboxylic acids is 6. The molecule has 0 aromatic heterocycles. The Bertz CT molecular complexity index is 1060. The molecule has 0 fully saturated rings. The summed E-state index contributed by atoms with van der Waals surface area (Å²) in [5.74, 6) is -5.46. The van der Waals surface area contributed by atoms with Crippen molar-refractivity contribution in [1.82, 2.24) is 0 Å². The summed E-state index contributed by atoms with van der Waals surface area (Å²) in [5.41, 5.74) is 0. The first-order valence-corrected chi connectivity index (χ1v) is 35.8. The molecule has 0 bridgehead atoms. The van der Waals surface area contributed by atoms with E-state index < -0.39 is 35.8 Å². The van der Waals surface area contributed by atoms with Gasteiger partial charge in [-0.1, -0.05) is 350 Å². The summed E-state index contributed by atoms with van der Waals surface area (Å²) >= 11 is 0. The second-order valence-corrected chi connectivity index (χ2v) is 23.7. The Morgan fingerprint density at radius 3 is 0.291 bits per heavy atom. The molecule has 0 aromatic rings. The number of rotatable bonds is 60. The number of carbonyl (C=O) groups excluding carboxylic acids is 6. The zero-order valence-electron chi connectivity index (χ0n) is 57.2. The quantitative estimate of drug-likeness (QED) is 0.0408. The van der Waals surface area contributed by atoms with Gasteiger partial charge in [-0.25, -0.2) is 0 Å². The molecule has 0 aromatic carbocycles. The third-order valence-electron chi connectivity index (χ3n) is 14.9. The Balaban J connectivity index is -0.000000141. The molecule has 0 N–H and O–H groups in total. The monoisotopic (exact) mass is 1610 g/mol. The molecule has 0 amide bonds. The van der Waals surface area contributed by atoms with Crippen LogP contribution in [0, 0.1) is 0 Å². The van der Waals surface area contributed by atoms with E-state index in [1.165, 1.54) is 270 Å². The van der Waals surface area contributed by atoms with Crippen LogP contribution >= 0.6 is 0 Å². The van der Waals surface area contributed by atoms with Gasteiger partial charge in [0, 0.05) is 35.8 Å². The minimum atomic E-state index is -0.909. The summed E-state index contributed by atoms with van der Waals surface area (Å²) in [6.45, 7) is 13.3. The Kier molecular flexibility index (Phi) is 114. The third kappa shape index (κ3) is 132. The number of carbonyl (C=O) groups is 6. The molecule has 12 nitrogen and oxygen atoms in total. The van der Waals surface area contributed by atoms with Gasteiger partial charge in [-0.2, -0.15) is 0 Å². The van der Waals surface area contributed by atoms with Gasteiger partial charge in [-0.05, 0) is 77.0 Å². The largest absolute Gasteiger partial charge is 3.00 e. The molecule has 86 heavy (non-hydrogen) atoms. The molecule has 0 spiro atoms. The molecular weight excluding hydrogens is 1470 g/mol. The van der Waals surface area contributed by atoms with E-state index in [1.807, 2.05) is 0 Å². The molecule has 0 unspecified atom stereocenters. The van der Waals surface area contributed by atoms with Crippen LogP contribution in [0.3, 0.4) is 0 Å². The summed E-state index contributed by atoms with van der Waals surface area (Å²) in [5, 5.41) is 60.6. The summed E-state index contributed by atoms with van der Waals surface area (Å²) in [7, 11) is 0. The first kappa shape index (κ1) is 101. The molecule has 0 heterocycles. The van der Waals surface area contributed by atoms with Crippen molar-refractivity contribution in [1.29, 1.82) is 0 Å². The molecule has 0 saturated heterocycles. The molecule has 0 atom stereocenters. The van der Waals surface area contributed by atoms with Crippen LogP contribution in [-0.4, -0.2) is 88.2 Å². The molecule has 4 radical (unpaired) electrons. The SMILES string of the molecule is CCCCCCCCCCCC(=O)[O-].CCCCCCCCCCCC(=O)[O-].CCCCCCCCCCCC(=O)[O-].CCCCCCCCCCCC(=O)[O-].CCCCCCCCCCCC(=O)[O-].CCCCCCCCCCCC(=O)[O-].[Bi+3].[Bi+3]. The van der Waals surface area contributed by atoms with Crippen LogP contribution in [0.5, 0.6) is 0 Å². The van der Waals surface area contributed by atoms with Crippen LogP contribution in [-0.2, 0) is 28.8 Å². The van der Waals surface area contributed by atoms with Crippen molar-refractivity contribution >= 4 is 88.2 Å². The average Bonchev–Trinajstić information content (AvgIpc) is 3.45. The van der Waals surface area contributed by atoms with Crippen LogP contribution in [0.4, 0.5) is 0 Å². The first-order valence-electron chi connectivity index (χ1n) is 35.8. The normalized spacial score (nSPS) is 10.1. The topological polar surface area (TPSA) is 241 Å². The predicted octanol–water partition coefficient (Wildman–Crippen LogP) is 15.2. The molecule has 0 aliphatic rings. The minimum Gasteiger partial charge on any atom is -0.550 e. The van der Waals surface area contributed by atoms with Crippen molar-refractivity contribution in [3.05, 3.63) is 0 Å². The predicted molar refractivity (Wildman–Crippen MR) is 353 cm³/mol. The Morgan fingerprint density at radius 1 is 0.151 bits per heavy atom. The van der Waals surface area contributed by atoms with Crippen LogP contribution in [0.25, 0.3) is 0 Å². The van der Waals surface area contributed by atoms with E-state index in [9.17, 15) is 59.4 Å². The van der Waals surface area contributed by atoms with Gasteiger partial charge in [-0.3, -0.25) is 0 Å².